The molecule has 0 saturated carbocycles. The lowest BCUT2D eigenvalue weighted by molar-refractivity contribution is -0.135. The predicted octanol–water partition coefficient (Wildman–Crippen LogP) is 2.79. The number of nitrogens with zero attached hydrogens (tertiary/aromatic N) is 1. The van der Waals surface area contributed by atoms with Gasteiger partial charge in [-0.1, -0.05) is 28.1 Å². The first-order valence-electron chi connectivity index (χ1n) is 7.15. The third kappa shape index (κ3) is 3.23. The summed E-state index contributed by atoms with van der Waals surface area (Å²) in [7, 11) is 1.97. The predicted molar refractivity (Wildman–Crippen MR) is 85.8 cm³/mol. The summed E-state index contributed by atoms with van der Waals surface area (Å²) < 4.78 is 1.02. The highest BCUT2D eigenvalue weighted by Crippen LogP contribution is 2.30. The molecule has 1 saturated heterocycles. The van der Waals surface area contributed by atoms with Crippen molar-refractivity contribution in [1.29, 1.82) is 0 Å². The first-order chi connectivity index (χ1) is 9.45. The second-order valence-corrected chi connectivity index (χ2v) is 7.01. The molecule has 1 aromatic rings. The monoisotopic (exact) mass is 338 g/mol. The molecule has 0 aromatic heterocycles. The molecule has 1 unspecified atom stereocenters. The Balaban J connectivity index is 2.12. The quantitative estimate of drug-likeness (QED) is 0.915. The van der Waals surface area contributed by atoms with Crippen LogP contribution in [0.5, 0.6) is 0 Å². The van der Waals surface area contributed by atoms with E-state index in [2.05, 4.69) is 21.2 Å². The number of carbonyl (C=O) groups is 1. The molecule has 1 aromatic carbocycles. The summed E-state index contributed by atoms with van der Waals surface area (Å²) in [4.78, 5) is 14.8. The lowest BCUT2D eigenvalue weighted by Gasteiger charge is -2.30. The number of rotatable bonds is 4. The Morgan fingerprint density at radius 3 is 2.90 bits per heavy atom. The van der Waals surface area contributed by atoms with E-state index in [0.717, 1.165) is 36.1 Å². The van der Waals surface area contributed by atoms with Crippen molar-refractivity contribution < 1.29 is 4.79 Å². The minimum absolute atomic E-state index is 0.231. The summed E-state index contributed by atoms with van der Waals surface area (Å²) in [6.45, 7) is 6.77. The van der Waals surface area contributed by atoms with Gasteiger partial charge in [0.15, 0.2) is 0 Å². The Kier molecular flexibility index (Phi) is 4.86. The number of amides is 1. The van der Waals surface area contributed by atoms with Gasteiger partial charge in [-0.15, -0.1) is 0 Å². The van der Waals surface area contributed by atoms with Crippen LogP contribution < -0.4 is 5.32 Å². The van der Waals surface area contributed by atoms with Crippen LogP contribution in [0, 0.1) is 5.92 Å². The zero-order chi connectivity index (χ0) is 14.8. The van der Waals surface area contributed by atoms with E-state index < -0.39 is 5.41 Å². The van der Waals surface area contributed by atoms with E-state index in [4.69, 9.17) is 0 Å². The van der Waals surface area contributed by atoms with Crippen LogP contribution in [0.2, 0.25) is 0 Å². The van der Waals surface area contributed by atoms with E-state index in [9.17, 15) is 4.79 Å². The van der Waals surface area contributed by atoms with Crippen LogP contribution in [0.1, 0.15) is 25.8 Å². The maximum Gasteiger partial charge on any atom is 0.232 e. The minimum Gasteiger partial charge on any atom is -0.342 e. The van der Waals surface area contributed by atoms with Gasteiger partial charge in [0.1, 0.15) is 0 Å². The van der Waals surface area contributed by atoms with E-state index in [0.29, 0.717) is 5.92 Å². The van der Waals surface area contributed by atoms with Crippen molar-refractivity contribution in [3.63, 3.8) is 0 Å². The van der Waals surface area contributed by atoms with Crippen molar-refractivity contribution in [2.45, 2.75) is 25.7 Å². The van der Waals surface area contributed by atoms with Crippen LogP contribution in [-0.4, -0.2) is 37.5 Å². The fraction of sp³-hybridized carbons (Fsp3) is 0.562. The van der Waals surface area contributed by atoms with Crippen LogP contribution in [0.15, 0.2) is 28.7 Å². The Labute approximate surface area is 129 Å². The zero-order valence-electron chi connectivity index (χ0n) is 12.4. The highest BCUT2D eigenvalue weighted by Gasteiger charge is 2.36. The van der Waals surface area contributed by atoms with Crippen molar-refractivity contribution in [1.82, 2.24) is 10.2 Å². The molecule has 110 valence electrons. The standard InChI is InChI=1S/C16H23BrN2O/c1-16(2,13-5-4-6-14(17)9-13)15(20)19-8-7-12(11-19)10-18-3/h4-6,9,12,18H,7-8,10-11H2,1-3H3. The van der Waals surface area contributed by atoms with Crippen LogP contribution in [0.3, 0.4) is 0 Å². The van der Waals surface area contributed by atoms with Crippen molar-refractivity contribution in [2.24, 2.45) is 5.92 Å². The largest absolute Gasteiger partial charge is 0.342 e. The lowest BCUT2D eigenvalue weighted by atomic mass is 9.83. The molecule has 3 nitrogen and oxygen atoms in total. The Morgan fingerprint density at radius 2 is 2.25 bits per heavy atom. The Morgan fingerprint density at radius 1 is 1.50 bits per heavy atom. The molecule has 0 spiro atoms. The number of hydrogen-bond acceptors (Lipinski definition) is 2. The van der Waals surface area contributed by atoms with Gasteiger partial charge in [-0.3, -0.25) is 4.79 Å². The second-order valence-electron chi connectivity index (χ2n) is 6.10. The molecule has 1 amide bonds. The van der Waals surface area contributed by atoms with Gasteiger partial charge in [-0.05, 0) is 57.5 Å². The highest BCUT2D eigenvalue weighted by atomic mass is 79.9. The number of hydrogen-bond donors (Lipinski definition) is 1. The molecule has 4 heteroatoms. The van der Waals surface area contributed by atoms with Crippen LogP contribution in [0.4, 0.5) is 0 Å². The van der Waals surface area contributed by atoms with E-state index >= 15 is 0 Å². The summed E-state index contributed by atoms with van der Waals surface area (Å²) >= 11 is 3.48. The molecular weight excluding hydrogens is 316 g/mol. The minimum atomic E-state index is -0.474. The number of carbonyl (C=O) groups excluding carboxylic acids is 1. The van der Waals surface area contributed by atoms with Crippen LogP contribution in [0.25, 0.3) is 0 Å². The molecule has 0 aliphatic carbocycles. The molecule has 20 heavy (non-hydrogen) atoms. The molecule has 1 aliphatic rings. The molecule has 1 N–H and O–H groups in total. The first kappa shape index (κ1) is 15.5. The van der Waals surface area contributed by atoms with Gasteiger partial charge in [-0.2, -0.15) is 0 Å². The molecule has 2 rings (SSSR count). The second kappa shape index (κ2) is 6.27. The van der Waals surface area contributed by atoms with Gasteiger partial charge >= 0.3 is 0 Å². The van der Waals surface area contributed by atoms with E-state index in [1.807, 2.05) is 50.1 Å². The summed E-state index contributed by atoms with van der Waals surface area (Å²) in [5.41, 5.74) is 0.590. The van der Waals surface area contributed by atoms with Crippen LogP contribution >= 0.6 is 15.9 Å². The van der Waals surface area contributed by atoms with Gasteiger partial charge in [0.2, 0.25) is 5.91 Å². The van der Waals surface area contributed by atoms with E-state index in [1.165, 1.54) is 0 Å². The number of likely N-dealkylation sites (tertiary alicyclic amines) is 1. The third-order valence-electron chi connectivity index (χ3n) is 4.15. The molecule has 0 bridgehead atoms. The summed E-state index contributed by atoms with van der Waals surface area (Å²) in [6.07, 6.45) is 1.10. The zero-order valence-corrected chi connectivity index (χ0v) is 14.0. The maximum atomic E-state index is 12.8. The fourth-order valence-electron chi connectivity index (χ4n) is 2.87. The average molecular weight is 339 g/mol. The average Bonchev–Trinajstić information content (AvgIpc) is 2.87. The molecule has 1 atom stereocenters. The van der Waals surface area contributed by atoms with Gasteiger partial charge in [-0.25, -0.2) is 0 Å². The smallest absolute Gasteiger partial charge is 0.232 e. The number of halogens is 1. The van der Waals surface area contributed by atoms with Crippen molar-refractivity contribution in [3.8, 4) is 0 Å². The maximum absolute atomic E-state index is 12.8. The van der Waals surface area contributed by atoms with Gasteiger partial charge in [0, 0.05) is 17.6 Å². The van der Waals surface area contributed by atoms with Crippen molar-refractivity contribution >= 4 is 21.8 Å². The SMILES string of the molecule is CNCC1CCN(C(=O)C(C)(C)c2cccc(Br)c2)C1. The summed E-state index contributed by atoms with van der Waals surface area (Å²) in [6, 6.07) is 8.05. The van der Waals surface area contributed by atoms with E-state index in [-0.39, 0.29) is 5.91 Å². The summed E-state index contributed by atoms with van der Waals surface area (Å²) in [5.74, 6) is 0.816. The Bertz CT molecular complexity index is 487. The highest BCUT2D eigenvalue weighted by molar-refractivity contribution is 9.10. The molecule has 1 aliphatic heterocycles. The fourth-order valence-corrected chi connectivity index (χ4v) is 3.27. The van der Waals surface area contributed by atoms with Gasteiger partial charge in [0.05, 0.1) is 5.41 Å². The summed E-state index contributed by atoms with van der Waals surface area (Å²) in [5, 5.41) is 3.20. The molecular formula is C16H23BrN2O. The van der Waals surface area contributed by atoms with E-state index in [1.54, 1.807) is 0 Å². The first-order valence-corrected chi connectivity index (χ1v) is 7.94. The van der Waals surface area contributed by atoms with Crippen LogP contribution in [-0.2, 0) is 10.2 Å². The lowest BCUT2D eigenvalue weighted by Crippen LogP contribution is -2.42. The van der Waals surface area contributed by atoms with Gasteiger partial charge < -0.3 is 10.2 Å². The van der Waals surface area contributed by atoms with Crippen molar-refractivity contribution in [3.05, 3.63) is 34.3 Å². The molecule has 1 heterocycles. The topological polar surface area (TPSA) is 32.3 Å². The third-order valence-corrected chi connectivity index (χ3v) is 4.64. The molecule has 0 radical (unpaired) electrons. The molecule has 1 fully saturated rings. The number of benzene rings is 1. The normalized spacial score (nSPS) is 19.4. The number of nitrogens with one attached hydrogen (secondary N) is 1. The van der Waals surface area contributed by atoms with Crippen molar-refractivity contribution in [2.75, 3.05) is 26.7 Å². The van der Waals surface area contributed by atoms with Gasteiger partial charge in [0.25, 0.3) is 0 Å². The Hall–Kier alpha value is -0.870.